The Balaban J connectivity index is 2.51. The number of hydrogen-bond acceptors (Lipinski definition) is 4. The van der Waals surface area contributed by atoms with Gasteiger partial charge in [-0.05, 0) is 15.9 Å². The quantitative estimate of drug-likeness (QED) is 0.542. The molecule has 0 radical (unpaired) electrons. The van der Waals surface area contributed by atoms with Crippen LogP contribution in [-0.4, -0.2) is 28.9 Å². The Bertz CT molecular complexity index is 318. The van der Waals surface area contributed by atoms with Crippen molar-refractivity contribution in [1.82, 2.24) is 0 Å². The van der Waals surface area contributed by atoms with Crippen LogP contribution in [0.1, 0.15) is 0 Å². The third-order valence-corrected chi connectivity index (χ3v) is 1.67. The van der Waals surface area contributed by atoms with Gasteiger partial charge in [0.2, 0.25) is 0 Å². The summed E-state index contributed by atoms with van der Waals surface area (Å²) in [6, 6.07) is 0. The van der Waals surface area contributed by atoms with Gasteiger partial charge in [0.15, 0.2) is 4.74 Å². The molecule has 0 bridgehead atoms. The summed E-state index contributed by atoms with van der Waals surface area (Å²) in [7, 11) is 0. The smallest absolute Gasteiger partial charge is 0.232 e. The average molecular weight is 217 g/mol. The van der Waals surface area contributed by atoms with E-state index in [0.29, 0.717) is 0 Å². The standard InChI is InChI=1S/C5H2BrFN4/c6-4-8-1-3-5(7,11-4)10-2-9-3/h1-2H. The van der Waals surface area contributed by atoms with E-state index in [1.165, 1.54) is 6.21 Å². The van der Waals surface area contributed by atoms with E-state index in [1.54, 1.807) is 0 Å². The van der Waals surface area contributed by atoms with Crippen molar-refractivity contribution in [2.75, 3.05) is 0 Å². The molecule has 0 aromatic rings. The minimum atomic E-state index is -2.03. The normalized spacial score (nSPS) is 33.3. The Hall–Kier alpha value is -0.910. The second kappa shape index (κ2) is 2.04. The van der Waals surface area contributed by atoms with Crippen LogP contribution in [0.5, 0.6) is 0 Å². The lowest BCUT2D eigenvalue weighted by molar-refractivity contribution is 0.292. The SMILES string of the molecule is FC12N=CN=C1C=NC(Br)=N2. The molecule has 0 fully saturated rings. The van der Waals surface area contributed by atoms with Gasteiger partial charge in [-0.15, -0.1) is 0 Å². The molecule has 4 nitrogen and oxygen atoms in total. The number of rotatable bonds is 0. The first-order valence-electron chi connectivity index (χ1n) is 2.81. The van der Waals surface area contributed by atoms with Gasteiger partial charge >= 0.3 is 5.92 Å². The maximum absolute atomic E-state index is 13.4. The largest absolute Gasteiger partial charge is 0.343 e. The topological polar surface area (TPSA) is 49.4 Å². The molecule has 11 heavy (non-hydrogen) atoms. The Morgan fingerprint density at radius 2 is 2.36 bits per heavy atom. The molecule has 6 heteroatoms. The lowest BCUT2D eigenvalue weighted by Gasteiger charge is -2.13. The summed E-state index contributed by atoms with van der Waals surface area (Å²) in [6.45, 7) is 0. The van der Waals surface area contributed by atoms with Crippen LogP contribution in [0, 0.1) is 0 Å². The third-order valence-electron chi connectivity index (χ3n) is 1.29. The molecule has 2 heterocycles. The Kier molecular flexibility index (Phi) is 1.26. The highest BCUT2D eigenvalue weighted by Gasteiger charge is 2.38. The minimum Gasteiger partial charge on any atom is -0.232 e. The number of hydrogen-bond donors (Lipinski definition) is 0. The number of nitrogens with zero attached hydrogens (tertiary/aromatic N) is 4. The lowest BCUT2D eigenvalue weighted by atomic mass is 10.3. The van der Waals surface area contributed by atoms with Crippen LogP contribution in [-0.2, 0) is 0 Å². The number of alkyl halides is 1. The van der Waals surface area contributed by atoms with Crippen LogP contribution >= 0.6 is 15.9 Å². The second-order valence-corrected chi connectivity index (χ2v) is 2.69. The zero-order valence-corrected chi connectivity index (χ0v) is 6.79. The number of aliphatic imine (C=N–C) groups is 4. The van der Waals surface area contributed by atoms with E-state index >= 15 is 0 Å². The molecule has 0 amide bonds. The molecule has 1 unspecified atom stereocenters. The fourth-order valence-corrected chi connectivity index (χ4v) is 1.12. The third kappa shape index (κ3) is 0.936. The highest BCUT2D eigenvalue weighted by molar-refractivity contribution is 9.18. The summed E-state index contributed by atoms with van der Waals surface area (Å²) < 4.78 is 13.6. The van der Waals surface area contributed by atoms with Gasteiger partial charge in [0.05, 0.1) is 6.21 Å². The predicted molar refractivity (Wildman–Crippen MR) is 44.6 cm³/mol. The van der Waals surface area contributed by atoms with Crippen molar-refractivity contribution in [2.24, 2.45) is 20.0 Å². The van der Waals surface area contributed by atoms with Gasteiger partial charge in [0, 0.05) is 0 Å². The fourth-order valence-electron chi connectivity index (χ4n) is 0.783. The van der Waals surface area contributed by atoms with Gasteiger partial charge in [-0.2, -0.15) is 9.38 Å². The maximum Gasteiger partial charge on any atom is 0.343 e. The van der Waals surface area contributed by atoms with Crippen LogP contribution in [0.4, 0.5) is 4.39 Å². The van der Waals surface area contributed by atoms with Crippen LogP contribution in [0.25, 0.3) is 0 Å². The molecule has 1 atom stereocenters. The van der Waals surface area contributed by atoms with Gasteiger partial charge in [0.1, 0.15) is 12.1 Å². The molecule has 0 aromatic heterocycles. The zero-order valence-electron chi connectivity index (χ0n) is 5.20. The molecule has 2 aliphatic heterocycles. The van der Waals surface area contributed by atoms with E-state index in [0.717, 1.165) is 6.34 Å². The summed E-state index contributed by atoms with van der Waals surface area (Å²) in [5, 5.41) is 0. The molecular formula is C5H2BrFN4. The summed E-state index contributed by atoms with van der Waals surface area (Å²) >= 11 is 2.94. The van der Waals surface area contributed by atoms with Gasteiger partial charge in [-0.3, -0.25) is 0 Å². The second-order valence-electron chi connectivity index (χ2n) is 1.99. The summed E-state index contributed by atoms with van der Waals surface area (Å²) in [6.07, 6.45) is 2.43. The van der Waals surface area contributed by atoms with Crippen molar-refractivity contribution in [3.8, 4) is 0 Å². The van der Waals surface area contributed by atoms with E-state index < -0.39 is 5.92 Å². The van der Waals surface area contributed by atoms with Crippen molar-refractivity contribution < 1.29 is 4.39 Å². The highest BCUT2D eigenvalue weighted by Crippen LogP contribution is 2.24. The summed E-state index contributed by atoms with van der Waals surface area (Å²) in [5.41, 5.74) is 0.126. The van der Waals surface area contributed by atoms with Crippen molar-refractivity contribution in [3.05, 3.63) is 0 Å². The summed E-state index contributed by atoms with van der Waals surface area (Å²) in [5.74, 6) is -2.03. The molecule has 0 aromatic carbocycles. The number of amidine groups is 1. The van der Waals surface area contributed by atoms with Gasteiger partial charge < -0.3 is 0 Å². The Morgan fingerprint density at radius 3 is 3.18 bits per heavy atom. The minimum absolute atomic E-state index is 0.126. The molecule has 0 N–H and O–H groups in total. The van der Waals surface area contributed by atoms with Crippen molar-refractivity contribution >= 4 is 38.9 Å². The maximum atomic E-state index is 13.4. The number of halogens is 2. The monoisotopic (exact) mass is 216 g/mol. The van der Waals surface area contributed by atoms with E-state index in [4.69, 9.17) is 0 Å². The molecule has 0 spiro atoms. The molecule has 0 saturated carbocycles. The van der Waals surface area contributed by atoms with Crippen LogP contribution < -0.4 is 0 Å². The molecule has 0 aliphatic carbocycles. The van der Waals surface area contributed by atoms with Crippen LogP contribution in [0.15, 0.2) is 20.0 Å². The Labute approximate surface area is 69.8 Å². The highest BCUT2D eigenvalue weighted by atomic mass is 79.9. The van der Waals surface area contributed by atoms with E-state index in [1.807, 2.05) is 0 Å². The Morgan fingerprint density at radius 1 is 1.55 bits per heavy atom. The zero-order chi connectivity index (χ0) is 7.90. The average Bonchev–Trinajstić information content (AvgIpc) is 2.28. The fraction of sp³-hybridized carbons (Fsp3) is 0.200. The first-order chi connectivity index (χ1) is 5.21. The predicted octanol–water partition coefficient (Wildman–Crippen LogP) is 0.928. The van der Waals surface area contributed by atoms with Crippen molar-refractivity contribution in [1.29, 1.82) is 0 Å². The van der Waals surface area contributed by atoms with E-state index in [-0.39, 0.29) is 10.5 Å². The van der Waals surface area contributed by atoms with Crippen molar-refractivity contribution in [2.45, 2.75) is 5.92 Å². The van der Waals surface area contributed by atoms with Crippen molar-refractivity contribution in [3.63, 3.8) is 0 Å². The lowest BCUT2D eigenvalue weighted by Crippen LogP contribution is -2.31. The molecule has 2 rings (SSSR count). The number of fused-ring (bicyclic) bond motifs is 1. The first-order valence-corrected chi connectivity index (χ1v) is 3.60. The van der Waals surface area contributed by atoms with E-state index in [2.05, 4.69) is 35.9 Å². The van der Waals surface area contributed by atoms with Gasteiger partial charge in [-0.1, -0.05) is 0 Å². The van der Waals surface area contributed by atoms with Crippen LogP contribution in [0.3, 0.4) is 0 Å². The van der Waals surface area contributed by atoms with Gasteiger partial charge in [0.25, 0.3) is 0 Å². The molecule has 0 saturated heterocycles. The van der Waals surface area contributed by atoms with Gasteiger partial charge in [-0.25, -0.2) is 15.0 Å². The molecular weight excluding hydrogens is 215 g/mol. The molecule has 56 valence electrons. The first kappa shape index (κ1) is 6.78. The van der Waals surface area contributed by atoms with Crippen LogP contribution in [0.2, 0.25) is 0 Å². The summed E-state index contributed by atoms with van der Waals surface area (Å²) in [4.78, 5) is 14.3. The van der Waals surface area contributed by atoms with E-state index in [9.17, 15) is 4.39 Å². The molecule has 2 aliphatic rings.